The molecule has 0 bridgehead atoms. The van der Waals surface area contributed by atoms with E-state index >= 15 is 0 Å². The Morgan fingerprint density at radius 2 is 2.11 bits per heavy atom. The standard InChI is InChI=1S/C13H17BrN2O2/c1-15-5-4-11(8-12(15)17)13(18)16-6-2-10(9-14)3-7-16/h4-5,8,10H,2-3,6-7,9H2,1H3. The molecule has 0 spiro atoms. The lowest BCUT2D eigenvalue weighted by molar-refractivity contribution is 0.0698. The van der Waals surface area contributed by atoms with Crippen molar-refractivity contribution in [2.45, 2.75) is 12.8 Å². The third kappa shape index (κ3) is 2.83. The Morgan fingerprint density at radius 3 is 2.67 bits per heavy atom. The minimum Gasteiger partial charge on any atom is -0.339 e. The second-order valence-corrected chi connectivity index (χ2v) is 5.40. The van der Waals surface area contributed by atoms with Gasteiger partial charge in [-0.15, -0.1) is 0 Å². The lowest BCUT2D eigenvalue weighted by atomic mass is 9.98. The first-order valence-electron chi connectivity index (χ1n) is 6.13. The van der Waals surface area contributed by atoms with Gasteiger partial charge in [0, 0.05) is 43.3 Å². The van der Waals surface area contributed by atoms with Crippen LogP contribution in [-0.2, 0) is 7.05 Å². The van der Waals surface area contributed by atoms with Gasteiger partial charge in [0.25, 0.3) is 11.5 Å². The Hall–Kier alpha value is -1.10. The van der Waals surface area contributed by atoms with Crippen LogP contribution >= 0.6 is 15.9 Å². The van der Waals surface area contributed by atoms with Crippen LogP contribution in [0.2, 0.25) is 0 Å². The minimum atomic E-state index is -0.142. The Kier molecular flexibility index (Phi) is 4.22. The topological polar surface area (TPSA) is 42.3 Å². The van der Waals surface area contributed by atoms with Crippen LogP contribution in [-0.4, -0.2) is 33.8 Å². The molecule has 4 nitrogen and oxygen atoms in total. The number of carbonyl (C=O) groups is 1. The number of nitrogens with zero attached hydrogens (tertiary/aromatic N) is 2. The van der Waals surface area contributed by atoms with Gasteiger partial charge in [-0.25, -0.2) is 0 Å². The molecule has 0 aliphatic carbocycles. The molecule has 0 N–H and O–H groups in total. The summed E-state index contributed by atoms with van der Waals surface area (Å²) >= 11 is 3.48. The Balaban J connectivity index is 2.08. The SMILES string of the molecule is Cn1ccc(C(=O)N2CCC(CBr)CC2)cc1=O. The molecule has 1 aromatic rings. The van der Waals surface area contributed by atoms with Gasteiger partial charge < -0.3 is 9.47 Å². The van der Waals surface area contributed by atoms with Gasteiger partial charge in [-0.3, -0.25) is 9.59 Å². The number of pyridine rings is 1. The van der Waals surface area contributed by atoms with Crippen LogP contribution in [0.4, 0.5) is 0 Å². The maximum absolute atomic E-state index is 12.2. The van der Waals surface area contributed by atoms with E-state index in [0.29, 0.717) is 11.5 Å². The lowest BCUT2D eigenvalue weighted by Gasteiger charge is -2.31. The number of piperidine rings is 1. The molecular weight excluding hydrogens is 296 g/mol. The fourth-order valence-corrected chi connectivity index (χ4v) is 2.80. The molecule has 1 aliphatic rings. The van der Waals surface area contributed by atoms with Crippen LogP contribution in [0.15, 0.2) is 23.1 Å². The number of halogens is 1. The van der Waals surface area contributed by atoms with E-state index in [1.165, 1.54) is 10.6 Å². The van der Waals surface area contributed by atoms with Crippen LogP contribution in [0.5, 0.6) is 0 Å². The molecule has 0 atom stereocenters. The molecule has 0 saturated carbocycles. The quantitative estimate of drug-likeness (QED) is 0.779. The third-order valence-electron chi connectivity index (χ3n) is 3.47. The smallest absolute Gasteiger partial charge is 0.254 e. The molecule has 1 aliphatic heterocycles. The monoisotopic (exact) mass is 312 g/mol. The van der Waals surface area contributed by atoms with Crippen molar-refractivity contribution in [1.29, 1.82) is 0 Å². The number of alkyl halides is 1. The number of aromatic nitrogens is 1. The van der Waals surface area contributed by atoms with E-state index in [4.69, 9.17) is 0 Å². The predicted molar refractivity (Wildman–Crippen MR) is 74.1 cm³/mol. The average molecular weight is 313 g/mol. The molecule has 0 radical (unpaired) electrons. The number of hydrogen-bond acceptors (Lipinski definition) is 2. The molecule has 98 valence electrons. The highest BCUT2D eigenvalue weighted by Gasteiger charge is 2.23. The molecule has 1 aromatic heterocycles. The van der Waals surface area contributed by atoms with Gasteiger partial charge in [-0.2, -0.15) is 0 Å². The number of aryl methyl sites for hydroxylation is 1. The van der Waals surface area contributed by atoms with E-state index in [1.54, 1.807) is 19.3 Å². The van der Waals surface area contributed by atoms with Gasteiger partial charge in [0.05, 0.1) is 0 Å². The molecule has 0 aromatic carbocycles. The second kappa shape index (κ2) is 5.69. The van der Waals surface area contributed by atoms with E-state index in [1.807, 2.05) is 4.90 Å². The van der Waals surface area contributed by atoms with Crippen molar-refractivity contribution >= 4 is 21.8 Å². The molecule has 1 amide bonds. The van der Waals surface area contributed by atoms with Crippen molar-refractivity contribution in [2.75, 3.05) is 18.4 Å². The van der Waals surface area contributed by atoms with Gasteiger partial charge in [-0.05, 0) is 24.8 Å². The van der Waals surface area contributed by atoms with Crippen LogP contribution in [0.1, 0.15) is 23.2 Å². The van der Waals surface area contributed by atoms with Crippen molar-refractivity contribution in [2.24, 2.45) is 13.0 Å². The first kappa shape index (κ1) is 13.3. The summed E-state index contributed by atoms with van der Waals surface area (Å²) in [7, 11) is 1.68. The molecule has 5 heteroatoms. The van der Waals surface area contributed by atoms with Gasteiger partial charge in [0.15, 0.2) is 0 Å². The Morgan fingerprint density at radius 1 is 1.44 bits per heavy atom. The summed E-state index contributed by atoms with van der Waals surface area (Å²) in [6.07, 6.45) is 3.70. The second-order valence-electron chi connectivity index (χ2n) is 4.75. The zero-order valence-corrected chi connectivity index (χ0v) is 12.0. The summed E-state index contributed by atoms with van der Waals surface area (Å²) < 4.78 is 1.47. The van der Waals surface area contributed by atoms with Gasteiger partial charge in [0.2, 0.25) is 0 Å². The van der Waals surface area contributed by atoms with Crippen molar-refractivity contribution < 1.29 is 4.79 Å². The van der Waals surface area contributed by atoms with Crippen molar-refractivity contribution in [1.82, 2.24) is 9.47 Å². The molecule has 2 heterocycles. The van der Waals surface area contributed by atoms with E-state index in [-0.39, 0.29) is 11.5 Å². The summed E-state index contributed by atoms with van der Waals surface area (Å²) in [5.74, 6) is 0.637. The molecule has 18 heavy (non-hydrogen) atoms. The number of rotatable bonds is 2. The summed E-state index contributed by atoms with van der Waals surface area (Å²) in [5, 5.41) is 1.00. The highest BCUT2D eigenvalue weighted by Crippen LogP contribution is 2.20. The summed E-state index contributed by atoms with van der Waals surface area (Å²) in [6.45, 7) is 1.56. The van der Waals surface area contributed by atoms with Crippen LogP contribution < -0.4 is 5.56 Å². The normalized spacial score (nSPS) is 16.9. The van der Waals surface area contributed by atoms with Crippen molar-refractivity contribution in [3.8, 4) is 0 Å². The van der Waals surface area contributed by atoms with Crippen LogP contribution in [0.3, 0.4) is 0 Å². The van der Waals surface area contributed by atoms with Gasteiger partial charge in [-0.1, -0.05) is 15.9 Å². The van der Waals surface area contributed by atoms with Crippen LogP contribution in [0, 0.1) is 5.92 Å². The first-order chi connectivity index (χ1) is 8.61. The fraction of sp³-hybridized carbons (Fsp3) is 0.538. The maximum Gasteiger partial charge on any atom is 0.254 e. The third-order valence-corrected chi connectivity index (χ3v) is 4.39. The van der Waals surface area contributed by atoms with Crippen molar-refractivity contribution in [3.05, 3.63) is 34.2 Å². The zero-order chi connectivity index (χ0) is 13.1. The lowest BCUT2D eigenvalue weighted by Crippen LogP contribution is -2.39. The largest absolute Gasteiger partial charge is 0.339 e. The zero-order valence-electron chi connectivity index (χ0n) is 10.4. The summed E-state index contributed by atoms with van der Waals surface area (Å²) in [4.78, 5) is 25.6. The maximum atomic E-state index is 12.2. The van der Waals surface area contributed by atoms with Crippen molar-refractivity contribution in [3.63, 3.8) is 0 Å². The Labute approximate surface area is 115 Å². The predicted octanol–water partition coefficient (Wildman–Crippen LogP) is 1.63. The van der Waals surface area contributed by atoms with E-state index < -0.39 is 0 Å². The molecule has 1 fully saturated rings. The first-order valence-corrected chi connectivity index (χ1v) is 7.26. The molecule has 1 saturated heterocycles. The fourth-order valence-electron chi connectivity index (χ4n) is 2.15. The van der Waals surface area contributed by atoms with Gasteiger partial charge in [0.1, 0.15) is 0 Å². The van der Waals surface area contributed by atoms with Gasteiger partial charge >= 0.3 is 0 Å². The minimum absolute atomic E-state index is 0.0271. The summed E-state index contributed by atoms with van der Waals surface area (Å²) in [5.41, 5.74) is 0.353. The van der Waals surface area contributed by atoms with Crippen LogP contribution in [0.25, 0.3) is 0 Å². The number of hydrogen-bond donors (Lipinski definition) is 0. The highest BCUT2D eigenvalue weighted by atomic mass is 79.9. The number of likely N-dealkylation sites (tertiary alicyclic amines) is 1. The summed E-state index contributed by atoms with van der Waals surface area (Å²) in [6, 6.07) is 3.12. The molecular formula is C13H17BrN2O2. The average Bonchev–Trinajstić information content (AvgIpc) is 2.41. The van der Waals surface area contributed by atoms with E-state index in [2.05, 4.69) is 15.9 Å². The Bertz CT molecular complexity index is 490. The highest BCUT2D eigenvalue weighted by molar-refractivity contribution is 9.09. The molecule has 2 rings (SSSR count). The van der Waals surface area contributed by atoms with E-state index in [9.17, 15) is 9.59 Å². The molecule has 0 unspecified atom stereocenters. The van der Waals surface area contributed by atoms with E-state index in [0.717, 1.165) is 31.3 Å². The number of carbonyl (C=O) groups excluding carboxylic acids is 1. The number of amides is 1.